The van der Waals surface area contributed by atoms with Gasteiger partial charge in [0.1, 0.15) is 24.4 Å². The summed E-state index contributed by atoms with van der Waals surface area (Å²) in [5, 5.41) is 1.57. The van der Waals surface area contributed by atoms with E-state index < -0.39 is 33.0 Å². The van der Waals surface area contributed by atoms with Gasteiger partial charge >= 0.3 is 8.25 Å². The number of para-hydroxylation sites is 2. The highest BCUT2D eigenvalue weighted by atomic mass is 31.1. The van der Waals surface area contributed by atoms with Gasteiger partial charge in [0.05, 0.1) is 0 Å². The van der Waals surface area contributed by atoms with Crippen LogP contribution in [0.3, 0.4) is 0 Å². The maximum absolute atomic E-state index is 12.1. The van der Waals surface area contributed by atoms with Gasteiger partial charge in [-0.25, -0.2) is 0 Å². The fraction of sp³-hybridized carbons (Fsp3) is 0.100. The van der Waals surface area contributed by atoms with Crippen LogP contribution in [0.25, 0.3) is 21.9 Å². The molecule has 0 aliphatic heterocycles. The number of carbonyl (C=O) groups excluding carboxylic acids is 2. The molecule has 0 bridgehead atoms. The minimum absolute atomic E-state index is 0.106. The molecule has 0 saturated heterocycles. The lowest BCUT2D eigenvalue weighted by molar-refractivity contribution is 0.0851. The molecule has 0 unspecified atom stereocenters. The zero-order valence-corrected chi connectivity index (χ0v) is 15.5. The molecule has 4 rings (SSSR count). The molecule has 0 saturated carbocycles. The van der Waals surface area contributed by atoms with Crippen molar-refractivity contribution < 1.29 is 32.0 Å². The van der Waals surface area contributed by atoms with Crippen LogP contribution in [0.2, 0.25) is 0 Å². The summed E-state index contributed by atoms with van der Waals surface area (Å²) in [6, 6.07) is 17.5. The predicted octanol–water partition coefficient (Wildman–Crippen LogP) is 4.67. The van der Waals surface area contributed by atoms with Crippen LogP contribution in [0.4, 0.5) is 0 Å². The van der Waals surface area contributed by atoms with Gasteiger partial charge in [-0.3, -0.25) is 14.2 Å². The molecule has 142 valence electrons. The highest BCUT2D eigenvalue weighted by molar-refractivity contribution is 7.33. The highest BCUT2D eigenvalue weighted by Gasteiger charge is 2.16. The summed E-state index contributed by atoms with van der Waals surface area (Å²) in [4.78, 5) is 24.2. The largest absolute Gasteiger partial charge is 0.453 e. The second kappa shape index (κ2) is 7.94. The number of ketones is 2. The number of carbonyl (C=O) groups is 2. The second-order valence-electron chi connectivity index (χ2n) is 5.97. The van der Waals surface area contributed by atoms with Crippen molar-refractivity contribution in [3.05, 3.63) is 72.2 Å². The van der Waals surface area contributed by atoms with E-state index in [1.807, 2.05) is 24.3 Å². The first-order valence-corrected chi connectivity index (χ1v) is 9.66. The first kappa shape index (κ1) is 18.4. The van der Waals surface area contributed by atoms with Crippen LogP contribution in [0.5, 0.6) is 0 Å². The number of rotatable bonds is 8. The zero-order valence-electron chi connectivity index (χ0n) is 14.5. The van der Waals surface area contributed by atoms with Crippen molar-refractivity contribution in [2.45, 2.75) is 0 Å². The molecule has 0 fully saturated rings. The standard InChI is InChI=1S/C20H15O7P/c21-15(19-9-13-5-1-3-7-17(13)26-19)11-24-28(23)25-12-16(22)20-10-14-6-2-4-8-18(14)27-20/h1-10,28H,11-12H2. The smallest absolute Gasteiger partial charge is 0.320 e. The van der Waals surface area contributed by atoms with E-state index in [-0.39, 0.29) is 11.5 Å². The average molecular weight is 398 g/mol. The van der Waals surface area contributed by atoms with Crippen LogP contribution >= 0.6 is 8.25 Å². The average Bonchev–Trinajstić information content (AvgIpc) is 3.34. The highest BCUT2D eigenvalue weighted by Crippen LogP contribution is 2.26. The van der Waals surface area contributed by atoms with Crippen LogP contribution in [-0.2, 0) is 13.6 Å². The molecule has 7 nitrogen and oxygen atoms in total. The zero-order chi connectivity index (χ0) is 19.5. The summed E-state index contributed by atoms with van der Waals surface area (Å²) in [6.07, 6.45) is 0. The van der Waals surface area contributed by atoms with Crippen molar-refractivity contribution in [1.82, 2.24) is 0 Å². The molecule has 0 N–H and O–H groups in total. The molecule has 0 atom stereocenters. The SMILES string of the molecule is O=C(CO[PH](=O)OCC(=O)c1cc2ccccc2o1)c1cc2ccccc2o1. The van der Waals surface area contributed by atoms with Crippen molar-refractivity contribution in [2.24, 2.45) is 0 Å². The van der Waals surface area contributed by atoms with Gasteiger partial charge in [0.25, 0.3) is 0 Å². The lowest BCUT2D eigenvalue weighted by atomic mass is 10.2. The third-order valence-electron chi connectivity index (χ3n) is 4.04. The molecule has 2 heterocycles. The summed E-state index contributed by atoms with van der Waals surface area (Å²) in [7, 11) is -3.03. The van der Waals surface area contributed by atoms with E-state index in [1.54, 1.807) is 36.4 Å². The van der Waals surface area contributed by atoms with Gasteiger partial charge in [0.2, 0.25) is 11.6 Å². The van der Waals surface area contributed by atoms with Crippen molar-refractivity contribution in [3.63, 3.8) is 0 Å². The Balaban J connectivity index is 1.29. The van der Waals surface area contributed by atoms with Gasteiger partial charge in [-0.05, 0) is 24.3 Å². The van der Waals surface area contributed by atoms with E-state index >= 15 is 0 Å². The van der Waals surface area contributed by atoms with Gasteiger partial charge in [-0.2, -0.15) is 0 Å². The third-order valence-corrected chi connectivity index (χ3v) is 4.80. The Bertz CT molecular complexity index is 1030. The number of benzene rings is 2. The molecular formula is C20H15O7P. The fourth-order valence-corrected chi connectivity index (χ4v) is 3.25. The third kappa shape index (κ3) is 3.97. The molecule has 2 aromatic heterocycles. The molecule has 8 heteroatoms. The molecule has 0 spiro atoms. The maximum atomic E-state index is 12.1. The topological polar surface area (TPSA) is 96.0 Å². The van der Waals surface area contributed by atoms with E-state index in [0.29, 0.717) is 11.2 Å². The first-order chi connectivity index (χ1) is 13.6. The minimum atomic E-state index is -3.03. The molecule has 0 aliphatic rings. The molecule has 4 aromatic rings. The summed E-state index contributed by atoms with van der Waals surface area (Å²) in [5.74, 6) is -0.729. The van der Waals surface area contributed by atoms with Crippen molar-refractivity contribution in [2.75, 3.05) is 13.2 Å². The number of furan rings is 2. The van der Waals surface area contributed by atoms with Crippen molar-refractivity contribution in [3.8, 4) is 0 Å². The summed E-state index contributed by atoms with van der Waals surface area (Å²) < 4.78 is 32.5. The number of fused-ring (bicyclic) bond motifs is 2. The van der Waals surface area contributed by atoms with E-state index in [4.69, 9.17) is 17.9 Å². The Morgan fingerprint density at radius 2 is 1.18 bits per heavy atom. The Kier molecular flexibility index (Phi) is 5.21. The molecule has 2 aromatic carbocycles. The molecule has 0 amide bonds. The quantitative estimate of drug-likeness (QED) is 0.314. The van der Waals surface area contributed by atoms with E-state index in [1.165, 1.54) is 0 Å². The van der Waals surface area contributed by atoms with Gasteiger partial charge < -0.3 is 17.9 Å². The molecule has 0 radical (unpaired) electrons. The molecule has 28 heavy (non-hydrogen) atoms. The summed E-state index contributed by atoms with van der Waals surface area (Å²) >= 11 is 0. The number of Topliss-reactive ketones (excluding diaryl/α,β-unsaturated/α-hetero) is 2. The number of hydrogen-bond donors (Lipinski definition) is 0. The van der Waals surface area contributed by atoms with E-state index in [0.717, 1.165) is 10.8 Å². The minimum Gasteiger partial charge on any atom is -0.453 e. The van der Waals surface area contributed by atoms with Crippen molar-refractivity contribution >= 4 is 41.8 Å². The summed E-state index contributed by atoms with van der Waals surface area (Å²) in [6.45, 7) is -0.951. The Labute approximate surface area is 159 Å². The van der Waals surface area contributed by atoms with Crippen LogP contribution in [0, 0.1) is 0 Å². The van der Waals surface area contributed by atoms with Gasteiger partial charge in [-0.1, -0.05) is 36.4 Å². The maximum Gasteiger partial charge on any atom is 0.320 e. The monoisotopic (exact) mass is 398 g/mol. The second-order valence-corrected chi connectivity index (χ2v) is 7.05. The Hall–Kier alpha value is -2.99. The predicted molar refractivity (Wildman–Crippen MR) is 102 cm³/mol. The van der Waals surface area contributed by atoms with Crippen LogP contribution in [-0.4, -0.2) is 24.8 Å². The lowest BCUT2D eigenvalue weighted by Gasteiger charge is -2.03. The van der Waals surface area contributed by atoms with E-state index in [2.05, 4.69) is 0 Å². The van der Waals surface area contributed by atoms with Crippen LogP contribution in [0.1, 0.15) is 21.1 Å². The van der Waals surface area contributed by atoms with Gasteiger partial charge in [0.15, 0.2) is 11.5 Å². The Morgan fingerprint density at radius 3 is 1.61 bits per heavy atom. The fourth-order valence-electron chi connectivity index (χ4n) is 2.67. The Morgan fingerprint density at radius 1 is 0.750 bits per heavy atom. The lowest BCUT2D eigenvalue weighted by Crippen LogP contribution is -2.08. The van der Waals surface area contributed by atoms with Gasteiger partial charge in [-0.15, -0.1) is 0 Å². The normalized spacial score (nSPS) is 11.5. The molecular weight excluding hydrogens is 383 g/mol. The molecule has 0 aliphatic carbocycles. The summed E-state index contributed by atoms with van der Waals surface area (Å²) in [5.41, 5.74) is 1.15. The van der Waals surface area contributed by atoms with Crippen LogP contribution in [0.15, 0.2) is 69.5 Å². The van der Waals surface area contributed by atoms with Crippen molar-refractivity contribution in [1.29, 1.82) is 0 Å². The van der Waals surface area contributed by atoms with Gasteiger partial charge in [0, 0.05) is 10.8 Å². The van der Waals surface area contributed by atoms with Crippen LogP contribution < -0.4 is 0 Å². The number of hydrogen-bond acceptors (Lipinski definition) is 7. The first-order valence-electron chi connectivity index (χ1n) is 8.43. The van der Waals surface area contributed by atoms with E-state index in [9.17, 15) is 14.2 Å².